The molecular formula is C37H39FN6O7. The highest BCUT2D eigenvalue weighted by atomic mass is 19.1. The van der Waals surface area contributed by atoms with Gasteiger partial charge in [0.05, 0.1) is 23.4 Å². The number of ether oxygens (including phenoxy) is 3. The van der Waals surface area contributed by atoms with Crippen LogP contribution in [-0.4, -0.2) is 88.3 Å². The number of para-hydroxylation sites is 1. The fraction of sp³-hybridized carbons (Fsp3) is 0.297. The van der Waals surface area contributed by atoms with Crippen molar-refractivity contribution in [2.24, 2.45) is 7.05 Å². The van der Waals surface area contributed by atoms with Crippen molar-refractivity contribution in [2.75, 3.05) is 45.2 Å². The molecule has 1 aliphatic heterocycles. The van der Waals surface area contributed by atoms with E-state index in [9.17, 15) is 19.5 Å². The number of rotatable bonds is 13. The first-order valence-electron chi connectivity index (χ1n) is 16.5. The van der Waals surface area contributed by atoms with Gasteiger partial charge in [0.2, 0.25) is 0 Å². The van der Waals surface area contributed by atoms with E-state index in [-0.39, 0.29) is 42.2 Å². The van der Waals surface area contributed by atoms with Gasteiger partial charge in [0.1, 0.15) is 35.9 Å². The number of anilines is 1. The Morgan fingerprint density at radius 3 is 2.65 bits per heavy atom. The summed E-state index contributed by atoms with van der Waals surface area (Å²) in [4.78, 5) is 44.6. The molecule has 3 N–H and O–H groups in total. The number of likely N-dealkylation sites (tertiary alicyclic amines) is 1. The van der Waals surface area contributed by atoms with Crippen molar-refractivity contribution in [3.8, 4) is 22.9 Å². The number of nitrogens with one attached hydrogen (secondary N) is 2. The van der Waals surface area contributed by atoms with Gasteiger partial charge in [0, 0.05) is 56.1 Å². The number of likely N-dealkylation sites (N-methyl/N-ethyl adjacent to an activating group) is 1. The van der Waals surface area contributed by atoms with E-state index in [0.717, 1.165) is 6.07 Å². The Morgan fingerprint density at radius 2 is 1.88 bits per heavy atom. The van der Waals surface area contributed by atoms with E-state index in [1.54, 1.807) is 74.2 Å². The molecule has 14 heteroatoms. The zero-order valence-corrected chi connectivity index (χ0v) is 28.5. The Bertz CT molecular complexity index is 2100. The summed E-state index contributed by atoms with van der Waals surface area (Å²) < 4.78 is 35.5. The van der Waals surface area contributed by atoms with Gasteiger partial charge in [-0.25, -0.2) is 9.07 Å². The van der Waals surface area contributed by atoms with Crippen molar-refractivity contribution in [3.05, 3.63) is 106 Å². The maximum absolute atomic E-state index is 15.3. The summed E-state index contributed by atoms with van der Waals surface area (Å²) in [5, 5.41) is 16.6. The molecule has 13 nitrogen and oxygen atoms in total. The van der Waals surface area contributed by atoms with Crippen LogP contribution in [0.25, 0.3) is 16.6 Å². The van der Waals surface area contributed by atoms with Gasteiger partial charge in [-0.2, -0.15) is 0 Å². The van der Waals surface area contributed by atoms with Crippen LogP contribution in [-0.2, 0) is 16.6 Å². The lowest BCUT2D eigenvalue weighted by Crippen LogP contribution is -2.35. The molecule has 3 heterocycles. The van der Waals surface area contributed by atoms with Crippen LogP contribution in [0.1, 0.15) is 22.5 Å². The minimum absolute atomic E-state index is 0.0451. The van der Waals surface area contributed by atoms with Gasteiger partial charge in [-0.3, -0.25) is 28.9 Å². The third-order valence-corrected chi connectivity index (χ3v) is 8.62. The number of nitrogens with zero attached hydrogens (tertiary/aromatic N) is 4. The third kappa shape index (κ3) is 8.09. The van der Waals surface area contributed by atoms with Crippen LogP contribution in [0.5, 0.6) is 17.2 Å². The zero-order valence-electron chi connectivity index (χ0n) is 28.5. The van der Waals surface area contributed by atoms with E-state index in [1.165, 1.54) is 23.0 Å². The highest BCUT2D eigenvalue weighted by Crippen LogP contribution is 2.33. The summed E-state index contributed by atoms with van der Waals surface area (Å²) in [6.07, 6.45) is 1.28. The number of carbonyl (C=O) groups is 2. The number of benzene rings is 3. The monoisotopic (exact) mass is 698 g/mol. The summed E-state index contributed by atoms with van der Waals surface area (Å²) in [5.41, 5.74) is 1.22. The molecule has 1 amide bonds. The van der Waals surface area contributed by atoms with Crippen molar-refractivity contribution < 1.29 is 33.3 Å². The lowest BCUT2D eigenvalue weighted by atomic mass is 10.2. The third-order valence-electron chi connectivity index (χ3n) is 8.62. The number of pyridine rings is 1. The van der Waals surface area contributed by atoms with Crippen molar-refractivity contribution in [3.63, 3.8) is 0 Å². The zero-order chi connectivity index (χ0) is 36.1. The molecule has 0 radical (unpaired) electrons. The van der Waals surface area contributed by atoms with Gasteiger partial charge in [-0.1, -0.05) is 18.2 Å². The molecule has 0 saturated carbocycles. The number of hydrogen-bond donors (Lipinski definition) is 3. The average molecular weight is 699 g/mol. The van der Waals surface area contributed by atoms with E-state index >= 15 is 4.39 Å². The van der Waals surface area contributed by atoms with Crippen molar-refractivity contribution in [1.29, 1.82) is 0 Å². The maximum Gasteiger partial charge on any atom is 0.320 e. The van der Waals surface area contributed by atoms with Crippen LogP contribution in [0.2, 0.25) is 0 Å². The molecule has 1 aliphatic rings. The molecule has 0 aliphatic carbocycles. The number of amides is 1. The Balaban J connectivity index is 1.07. The first-order valence-corrected chi connectivity index (χ1v) is 16.5. The number of hydrogen-bond acceptors (Lipinski definition) is 10. The second kappa shape index (κ2) is 15.5. The van der Waals surface area contributed by atoms with E-state index in [4.69, 9.17) is 14.2 Å². The van der Waals surface area contributed by atoms with E-state index in [1.807, 2.05) is 11.0 Å². The normalized spacial score (nSPS) is 15.1. The first-order chi connectivity index (χ1) is 24.6. The molecule has 6 rings (SSSR count). The number of fused-ring (bicyclic) bond motifs is 1. The smallest absolute Gasteiger partial charge is 0.320 e. The van der Waals surface area contributed by atoms with Crippen LogP contribution in [0.15, 0.2) is 83.8 Å². The van der Waals surface area contributed by atoms with Gasteiger partial charge in [0.25, 0.3) is 11.5 Å². The molecule has 0 bridgehead atoms. The van der Waals surface area contributed by atoms with E-state index < -0.39 is 23.4 Å². The summed E-state index contributed by atoms with van der Waals surface area (Å²) in [5.74, 6) is -0.919. The number of esters is 1. The van der Waals surface area contributed by atoms with Gasteiger partial charge in [-0.15, -0.1) is 0 Å². The minimum Gasteiger partial charge on any atom is -0.491 e. The SMILES string of the molecule is CNCC(=O)OC1CCN(CC(O)COc2ccc3c(Oc4ccc(NC(=O)c5c(C)n(C)n(-c6ccccc6)c5=O)cc4F)ccnc3c2)C1. The van der Waals surface area contributed by atoms with Crippen LogP contribution >= 0.6 is 0 Å². The molecule has 2 aromatic heterocycles. The van der Waals surface area contributed by atoms with Crippen molar-refractivity contribution in [1.82, 2.24) is 24.6 Å². The maximum atomic E-state index is 15.3. The largest absolute Gasteiger partial charge is 0.491 e. The van der Waals surface area contributed by atoms with Crippen LogP contribution in [0, 0.1) is 12.7 Å². The summed E-state index contributed by atoms with van der Waals surface area (Å²) in [6, 6.07) is 19.7. The Labute approximate surface area is 293 Å². The molecule has 2 atom stereocenters. The second-order valence-corrected chi connectivity index (χ2v) is 12.3. The Morgan fingerprint density at radius 1 is 1.08 bits per heavy atom. The molecule has 1 fully saturated rings. The number of aromatic nitrogens is 3. The quantitative estimate of drug-likeness (QED) is 0.155. The predicted molar refractivity (Wildman–Crippen MR) is 188 cm³/mol. The molecular weight excluding hydrogens is 659 g/mol. The molecule has 2 unspecified atom stereocenters. The second-order valence-electron chi connectivity index (χ2n) is 12.3. The molecule has 5 aromatic rings. The van der Waals surface area contributed by atoms with Gasteiger partial charge >= 0.3 is 5.97 Å². The van der Waals surface area contributed by atoms with Crippen molar-refractivity contribution in [2.45, 2.75) is 25.6 Å². The molecule has 0 spiro atoms. The van der Waals surface area contributed by atoms with Crippen LogP contribution in [0.3, 0.4) is 0 Å². The number of halogens is 1. The van der Waals surface area contributed by atoms with E-state index in [2.05, 4.69) is 15.6 Å². The molecule has 3 aromatic carbocycles. The molecule has 1 saturated heterocycles. The van der Waals surface area contributed by atoms with Gasteiger partial charge in [-0.05, 0) is 62.9 Å². The fourth-order valence-electron chi connectivity index (χ4n) is 6.06. The van der Waals surface area contributed by atoms with Crippen LogP contribution in [0.4, 0.5) is 10.1 Å². The number of carbonyl (C=O) groups excluding carboxylic acids is 2. The predicted octanol–water partition coefficient (Wildman–Crippen LogP) is 3.79. The fourth-order valence-corrected chi connectivity index (χ4v) is 6.06. The molecule has 266 valence electrons. The lowest BCUT2D eigenvalue weighted by Gasteiger charge is -2.20. The summed E-state index contributed by atoms with van der Waals surface area (Å²) in [6.45, 7) is 3.51. The Hall–Kier alpha value is -5.57. The van der Waals surface area contributed by atoms with Gasteiger partial charge in [0.15, 0.2) is 11.6 Å². The standard InChI is InChI=1S/C37H39FN6O7/c1-23-35(37(48)44(42(23)3)25-7-5-4-6-8-25)36(47)41-24-9-12-33(30(38)17-24)51-32-13-15-40-31-18-27(10-11-29(31)32)49-22-26(45)20-43-16-14-28(21-43)50-34(46)19-39-2/h4-13,15,17-18,26,28,39,45H,14,16,19-22H2,1-3H3,(H,41,47). The summed E-state index contributed by atoms with van der Waals surface area (Å²) in [7, 11) is 3.37. The van der Waals surface area contributed by atoms with E-state index in [0.29, 0.717) is 59.8 Å². The Kier molecular flexibility index (Phi) is 10.7. The highest BCUT2D eigenvalue weighted by Gasteiger charge is 2.27. The average Bonchev–Trinajstić information content (AvgIpc) is 3.64. The minimum atomic E-state index is -0.768. The highest BCUT2D eigenvalue weighted by molar-refractivity contribution is 6.05. The number of aliphatic hydroxyl groups excluding tert-OH is 1. The molecule has 51 heavy (non-hydrogen) atoms. The van der Waals surface area contributed by atoms with Crippen LogP contribution < -0.4 is 25.7 Å². The number of β-amino-alcohol motifs (C(OH)–C–C–N with tert-alkyl or cyclic N) is 1. The van der Waals surface area contributed by atoms with Gasteiger partial charge < -0.3 is 30.0 Å². The first kappa shape index (κ1) is 35.3. The topological polar surface area (TPSA) is 149 Å². The summed E-state index contributed by atoms with van der Waals surface area (Å²) >= 11 is 0. The lowest BCUT2D eigenvalue weighted by molar-refractivity contribution is -0.147. The number of aliphatic hydroxyl groups is 1. The van der Waals surface area contributed by atoms with Crippen molar-refractivity contribution >= 4 is 28.5 Å².